The van der Waals surface area contributed by atoms with E-state index in [2.05, 4.69) is 5.32 Å². The maximum Gasteiger partial charge on any atom is 0.336 e. The molecule has 8 heteroatoms. The lowest BCUT2D eigenvalue weighted by Crippen LogP contribution is -2.27. The highest BCUT2D eigenvalue weighted by atomic mass is 16.7. The van der Waals surface area contributed by atoms with E-state index in [-0.39, 0.29) is 18.3 Å². The number of nitrogens with one attached hydrogen (secondary N) is 1. The molecule has 0 saturated heterocycles. The Kier molecular flexibility index (Phi) is 5.51. The van der Waals surface area contributed by atoms with Crippen molar-refractivity contribution < 1.29 is 33.6 Å². The van der Waals surface area contributed by atoms with Gasteiger partial charge in [0, 0.05) is 11.3 Å². The monoisotopic (exact) mass is 475 g/mol. The minimum Gasteiger partial charge on any atom is -0.493 e. The number of carboxylic acids is 1. The highest BCUT2D eigenvalue weighted by Crippen LogP contribution is 2.51. The number of hydrogen-bond donors (Lipinski definition) is 2. The molecule has 1 aliphatic heterocycles. The summed E-state index contributed by atoms with van der Waals surface area (Å²) in [4.78, 5) is 25.4. The number of rotatable bonds is 7. The zero-order valence-corrected chi connectivity index (χ0v) is 19.6. The third-order valence-corrected chi connectivity index (χ3v) is 6.65. The molecule has 0 atom stereocenters. The van der Waals surface area contributed by atoms with Gasteiger partial charge in [-0.25, -0.2) is 4.79 Å². The molecule has 1 saturated carbocycles. The van der Waals surface area contributed by atoms with Crippen molar-refractivity contribution in [3.05, 3.63) is 65.2 Å². The maximum absolute atomic E-state index is 13.4. The smallest absolute Gasteiger partial charge is 0.336 e. The first-order valence-corrected chi connectivity index (χ1v) is 11.2. The van der Waals surface area contributed by atoms with Gasteiger partial charge >= 0.3 is 5.97 Å². The van der Waals surface area contributed by atoms with Crippen LogP contribution in [0.3, 0.4) is 0 Å². The zero-order chi connectivity index (χ0) is 24.7. The van der Waals surface area contributed by atoms with Crippen molar-refractivity contribution in [1.82, 2.24) is 0 Å². The van der Waals surface area contributed by atoms with Crippen molar-refractivity contribution >= 4 is 17.6 Å². The first-order chi connectivity index (χ1) is 16.9. The summed E-state index contributed by atoms with van der Waals surface area (Å²) in [5.41, 5.74) is 2.92. The van der Waals surface area contributed by atoms with Crippen LogP contribution in [0.5, 0.6) is 23.0 Å². The number of fused-ring (bicyclic) bond motifs is 1. The fourth-order valence-electron chi connectivity index (χ4n) is 4.49. The molecule has 180 valence electrons. The molecule has 1 amide bonds. The van der Waals surface area contributed by atoms with E-state index in [9.17, 15) is 14.7 Å². The molecule has 1 fully saturated rings. The standard InChI is InChI=1S/C27H25NO7/c1-15-4-6-17(11-18(15)19-12-22(32-2)23(33-3)13-20(19)25(29)30)28-26(31)27(8-9-27)16-5-7-21-24(10-16)35-14-34-21/h4-7,10-13H,8-9,14H2,1-3H3,(H,28,31)(H,29,30). The van der Waals surface area contributed by atoms with Crippen LogP contribution < -0.4 is 24.3 Å². The number of carbonyl (C=O) groups is 2. The molecule has 2 aliphatic rings. The number of carboxylic acid groups (broad SMARTS) is 1. The van der Waals surface area contributed by atoms with E-state index in [0.29, 0.717) is 39.8 Å². The van der Waals surface area contributed by atoms with Gasteiger partial charge in [0.05, 0.1) is 25.2 Å². The van der Waals surface area contributed by atoms with Crippen LogP contribution in [0.4, 0.5) is 5.69 Å². The van der Waals surface area contributed by atoms with E-state index in [0.717, 1.165) is 24.0 Å². The van der Waals surface area contributed by atoms with Gasteiger partial charge in [-0.3, -0.25) is 4.79 Å². The highest BCUT2D eigenvalue weighted by molar-refractivity contribution is 6.03. The third-order valence-electron chi connectivity index (χ3n) is 6.65. The van der Waals surface area contributed by atoms with Crippen LogP contribution in [0, 0.1) is 6.92 Å². The number of anilines is 1. The molecular formula is C27H25NO7. The summed E-state index contributed by atoms with van der Waals surface area (Å²) < 4.78 is 21.5. The molecule has 0 aromatic heterocycles. The van der Waals surface area contributed by atoms with Crippen molar-refractivity contribution in [3.8, 4) is 34.1 Å². The number of benzene rings is 3. The van der Waals surface area contributed by atoms with E-state index in [4.69, 9.17) is 18.9 Å². The number of carbonyl (C=O) groups excluding carboxylic acids is 1. The number of aromatic carboxylic acids is 1. The van der Waals surface area contributed by atoms with Crippen LogP contribution in [0.15, 0.2) is 48.5 Å². The van der Waals surface area contributed by atoms with Crippen LogP contribution in [0.2, 0.25) is 0 Å². The lowest BCUT2D eigenvalue weighted by atomic mass is 9.93. The molecule has 2 N–H and O–H groups in total. The largest absolute Gasteiger partial charge is 0.493 e. The Morgan fingerprint density at radius 2 is 1.63 bits per heavy atom. The third kappa shape index (κ3) is 3.90. The molecule has 1 aliphatic carbocycles. The Labute approximate surface area is 202 Å². The van der Waals surface area contributed by atoms with E-state index in [1.54, 1.807) is 12.1 Å². The van der Waals surface area contributed by atoms with Crippen LogP contribution in [0.25, 0.3) is 11.1 Å². The Balaban J connectivity index is 1.48. The van der Waals surface area contributed by atoms with E-state index >= 15 is 0 Å². The van der Waals surface area contributed by atoms with Gasteiger partial charge in [0.15, 0.2) is 23.0 Å². The Morgan fingerprint density at radius 3 is 2.31 bits per heavy atom. The molecule has 35 heavy (non-hydrogen) atoms. The Hall–Kier alpha value is -4.20. The Bertz CT molecular complexity index is 1340. The topological polar surface area (TPSA) is 103 Å². The van der Waals surface area contributed by atoms with Crippen molar-refractivity contribution in [2.45, 2.75) is 25.2 Å². The van der Waals surface area contributed by atoms with E-state index in [1.165, 1.54) is 20.3 Å². The van der Waals surface area contributed by atoms with E-state index < -0.39 is 11.4 Å². The molecule has 0 spiro atoms. The van der Waals surface area contributed by atoms with Crippen molar-refractivity contribution in [3.63, 3.8) is 0 Å². The maximum atomic E-state index is 13.4. The second-order valence-electron chi connectivity index (χ2n) is 8.69. The molecular weight excluding hydrogens is 450 g/mol. The van der Waals surface area contributed by atoms with Gasteiger partial charge in [-0.05, 0) is 72.9 Å². The van der Waals surface area contributed by atoms with Gasteiger partial charge in [-0.1, -0.05) is 12.1 Å². The molecule has 3 aromatic carbocycles. The molecule has 1 heterocycles. The second kappa shape index (κ2) is 8.54. The van der Waals surface area contributed by atoms with Gasteiger partial charge in [-0.15, -0.1) is 0 Å². The minimum atomic E-state index is -1.09. The van der Waals surface area contributed by atoms with Crippen molar-refractivity contribution in [2.24, 2.45) is 0 Å². The summed E-state index contributed by atoms with van der Waals surface area (Å²) in [7, 11) is 2.95. The second-order valence-corrected chi connectivity index (χ2v) is 8.69. The summed E-state index contributed by atoms with van der Waals surface area (Å²) in [6, 6.07) is 14.2. The molecule has 0 unspecified atom stereocenters. The van der Waals surface area contributed by atoms with Gasteiger partial charge in [-0.2, -0.15) is 0 Å². The fourth-order valence-corrected chi connectivity index (χ4v) is 4.49. The number of amides is 1. The van der Waals surface area contributed by atoms with Crippen LogP contribution in [0.1, 0.15) is 34.3 Å². The van der Waals surface area contributed by atoms with Gasteiger partial charge in [0.25, 0.3) is 0 Å². The van der Waals surface area contributed by atoms with E-state index in [1.807, 2.05) is 37.3 Å². The molecule has 0 bridgehead atoms. The van der Waals surface area contributed by atoms with Crippen LogP contribution in [-0.4, -0.2) is 38.0 Å². The average molecular weight is 475 g/mol. The minimum absolute atomic E-state index is 0.0771. The first kappa shape index (κ1) is 22.6. The number of hydrogen-bond acceptors (Lipinski definition) is 6. The average Bonchev–Trinajstić information content (AvgIpc) is 3.55. The summed E-state index contributed by atoms with van der Waals surface area (Å²) in [5, 5.41) is 12.9. The van der Waals surface area contributed by atoms with Gasteiger partial charge in [0.2, 0.25) is 12.7 Å². The molecule has 0 radical (unpaired) electrons. The van der Waals surface area contributed by atoms with Gasteiger partial charge < -0.3 is 29.4 Å². The predicted molar refractivity (Wildman–Crippen MR) is 129 cm³/mol. The summed E-state index contributed by atoms with van der Waals surface area (Å²) in [5.74, 6) is 0.869. The first-order valence-electron chi connectivity index (χ1n) is 11.2. The summed E-state index contributed by atoms with van der Waals surface area (Å²) in [6.45, 7) is 2.07. The number of aryl methyl sites for hydroxylation is 1. The molecule has 8 nitrogen and oxygen atoms in total. The van der Waals surface area contributed by atoms with Crippen LogP contribution >= 0.6 is 0 Å². The lowest BCUT2D eigenvalue weighted by Gasteiger charge is -2.18. The van der Waals surface area contributed by atoms with Crippen molar-refractivity contribution in [1.29, 1.82) is 0 Å². The molecule has 3 aromatic rings. The summed E-state index contributed by atoms with van der Waals surface area (Å²) in [6.07, 6.45) is 1.46. The SMILES string of the molecule is COc1cc(C(=O)O)c(-c2cc(NC(=O)C3(c4ccc5c(c4)OCO5)CC3)ccc2C)cc1OC. The number of methoxy groups -OCH3 is 2. The van der Waals surface area contributed by atoms with Crippen LogP contribution in [-0.2, 0) is 10.2 Å². The van der Waals surface area contributed by atoms with Crippen molar-refractivity contribution in [2.75, 3.05) is 26.3 Å². The zero-order valence-electron chi connectivity index (χ0n) is 19.6. The lowest BCUT2D eigenvalue weighted by molar-refractivity contribution is -0.118. The quantitative estimate of drug-likeness (QED) is 0.507. The number of ether oxygens (including phenoxy) is 4. The molecule has 5 rings (SSSR count). The summed E-state index contributed by atoms with van der Waals surface area (Å²) >= 11 is 0. The normalized spacial score (nSPS) is 14.8. The predicted octanol–water partition coefficient (Wildman–Crippen LogP) is 4.78. The fraction of sp³-hybridized carbons (Fsp3) is 0.259. The Morgan fingerprint density at radius 1 is 0.914 bits per heavy atom. The highest BCUT2D eigenvalue weighted by Gasteiger charge is 2.51. The van der Waals surface area contributed by atoms with Gasteiger partial charge in [0.1, 0.15) is 0 Å².